The number of sulfonamides is 1. The third kappa shape index (κ3) is 2.94. The Morgan fingerprint density at radius 1 is 1.04 bits per heavy atom. The molecule has 0 bridgehead atoms. The van der Waals surface area contributed by atoms with Crippen LogP contribution in [0.3, 0.4) is 0 Å². The summed E-state index contributed by atoms with van der Waals surface area (Å²) in [6.45, 7) is 5.66. The predicted octanol–water partition coefficient (Wildman–Crippen LogP) is 3.59. The molecule has 1 N–H and O–H groups in total. The summed E-state index contributed by atoms with van der Waals surface area (Å²) in [5, 5.41) is 0. The first-order valence-electron chi connectivity index (χ1n) is 8.04. The quantitative estimate of drug-likeness (QED) is 0.901. The maximum absolute atomic E-state index is 13.1. The Hall–Kier alpha value is -1.85. The van der Waals surface area contributed by atoms with Crippen LogP contribution < -0.4 is 9.46 Å². The zero-order valence-electron chi connectivity index (χ0n) is 14.5. The molecule has 0 aliphatic heterocycles. The van der Waals surface area contributed by atoms with Crippen LogP contribution in [0.2, 0.25) is 0 Å². The zero-order chi connectivity index (χ0) is 17.5. The molecule has 0 atom stereocenters. The molecule has 0 unspecified atom stereocenters. The lowest BCUT2D eigenvalue weighted by Crippen LogP contribution is -2.35. The van der Waals surface area contributed by atoms with Crippen molar-refractivity contribution >= 4 is 10.0 Å². The first kappa shape index (κ1) is 17.0. The van der Waals surface area contributed by atoms with E-state index in [1.54, 1.807) is 7.11 Å². The smallest absolute Gasteiger partial charge is 0.241 e. The van der Waals surface area contributed by atoms with Gasteiger partial charge in [0, 0.05) is 5.56 Å². The zero-order valence-corrected chi connectivity index (χ0v) is 15.3. The van der Waals surface area contributed by atoms with Gasteiger partial charge in [0.05, 0.1) is 17.5 Å². The molecular formula is C19H23NO3S. The van der Waals surface area contributed by atoms with Crippen molar-refractivity contribution in [2.24, 2.45) is 0 Å². The van der Waals surface area contributed by atoms with Crippen molar-refractivity contribution in [2.75, 3.05) is 7.11 Å². The predicted molar refractivity (Wildman–Crippen MR) is 94.9 cm³/mol. The molecule has 0 spiro atoms. The Balaban J connectivity index is 2.02. The van der Waals surface area contributed by atoms with Gasteiger partial charge in [0.15, 0.2) is 0 Å². The highest BCUT2D eigenvalue weighted by Gasteiger charge is 2.49. The summed E-state index contributed by atoms with van der Waals surface area (Å²) >= 11 is 0. The van der Waals surface area contributed by atoms with Gasteiger partial charge in [-0.05, 0) is 50.8 Å². The largest absolute Gasteiger partial charge is 0.496 e. The van der Waals surface area contributed by atoms with Crippen molar-refractivity contribution in [1.29, 1.82) is 0 Å². The Kier molecular flexibility index (Phi) is 4.18. The fraction of sp³-hybridized carbons (Fsp3) is 0.368. The van der Waals surface area contributed by atoms with Crippen molar-refractivity contribution in [2.45, 2.75) is 44.0 Å². The lowest BCUT2D eigenvalue weighted by atomic mass is 10.1. The monoisotopic (exact) mass is 345 g/mol. The molecule has 1 aliphatic carbocycles. The van der Waals surface area contributed by atoms with Crippen LogP contribution in [0.5, 0.6) is 5.75 Å². The first-order chi connectivity index (χ1) is 11.3. The van der Waals surface area contributed by atoms with Crippen LogP contribution in [-0.4, -0.2) is 15.5 Å². The third-order valence-corrected chi connectivity index (χ3v) is 6.42. The molecule has 24 heavy (non-hydrogen) atoms. The van der Waals surface area contributed by atoms with E-state index in [0.29, 0.717) is 4.90 Å². The normalized spacial score (nSPS) is 16.0. The van der Waals surface area contributed by atoms with Crippen molar-refractivity contribution < 1.29 is 13.2 Å². The minimum absolute atomic E-state index is 0.384. The van der Waals surface area contributed by atoms with Gasteiger partial charge in [0.1, 0.15) is 5.75 Å². The molecule has 1 saturated carbocycles. The molecule has 128 valence electrons. The molecule has 0 aromatic heterocycles. The van der Waals surface area contributed by atoms with E-state index in [4.69, 9.17) is 4.74 Å². The number of rotatable bonds is 5. The molecule has 1 fully saturated rings. The van der Waals surface area contributed by atoms with E-state index < -0.39 is 15.6 Å². The van der Waals surface area contributed by atoms with Crippen LogP contribution >= 0.6 is 0 Å². The number of ether oxygens (including phenoxy) is 1. The van der Waals surface area contributed by atoms with Gasteiger partial charge in [-0.2, -0.15) is 0 Å². The second kappa shape index (κ2) is 5.90. The van der Waals surface area contributed by atoms with Gasteiger partial charge in [-0.3, -0.25) is 0 Å². The van der Waals surface area contributed by atoms with Crippen molar-refractivity contribution in [3.63, 3.8) is 0 Å². The maximum Gasteiger partial charge on any atom is 0.241 e. The molecule has 5 heteroatoms. The van der Waals surface area contributed by atoms with E-state index in [-0.39, 0.29) is 0 Å². The van der Waals surface area contributed by atoms with Crippen LogP contribution in [0.4, 0.5) is 0 Å². The number of hydrogen-bond acceptors (Lipinski definition) is 3. The minimum atomic E-state index is -3.61. The van der Waals surface area contributed by atoms with Crippen LogP contribution in [0.15, 0.2) is 41.3 Å². The molecule has 4 nitrogen and oxygen atoms in total. The summed E-state index contributed by atoms with van der Waals surface area (Å²) in [7, 11) is -2.00. The summed E-state index contributed by atoms with van der Waals surface area (Å²) in [5.41, 5.74) is 2.95. The SMILES string of the molecule is COc1ccccc1C1(NS(=O)(=O)c2c(C)cc(C)cc2C)CC1. The van der Waals surface area contributed by atoms with Gasteiger partial charge >= 0.3 is 0 Å². The number of para-hydroxylation sites is 1. The lowest BCUT2D eigenvalue weighted by Gasteiger charge is -2.22. The number of hydrogen-bond donors (Lipinski definition) is 1. The molecule has 2 aromatic rings. The second-order valence-electron chi connectivity index (χ2n) is 6.62. The van der Waals surface area contributed by atoms with Crippen LogP contribution in [0.1, 0.15) is 35.1 Å². The number of methoxy groups -OCH3 is 1. The topological polar surface area (TPSA) is 55.4 Å². The van der Waals surface area contributed by atoms with E-state index in [2.05, 4.69) is 4.72 Å². The van der Waals surface area contributed by atoms with Gasteiger partial charge in [-0.1, -0.05) is 35.9 Å². The van der Waals surface area contributed by atoms with Crippen LogP contribution in [-0.2, 0) is 15.6 Å². The fourth-order valence-electron chi connectivity index (χ4n) is 3.49. The summed E-state index contributed by atoms with van der Waals surface area (Å²) < 4.78 is 34.5. The van der Waals surface area contributed by atoms with E-state index in [0.717, 1.165) is 40.8 Å². The van der Waals surface area contributed by atoms with Gasteiger partial charge in [-0.25, -0.2) is 13.1 Å². The van der Waals surface area contributed by atoms with E-state index in [9.17, 15) is 8.42 Å². The average Bonchev–Trinajstić information content (AvgIpc) is 3.25. The molecule has 0 radical (unpaired) electrons. The summed E-state index contributed by atoms with van der Waals surface area (Å²) in [6.07, 6.45) is 1.55. The molecule has 0 amide bonds. The Bertz CT molecular complexity index is 860. The van der Waals surface area contributed by atoms with Crippen molar-refractivity contribution in [3.05, 3.63) is 58.7 Å². The fourth-order valence-corrected chi connectivity index (χ4v) is 5.39. The van der Waals surface area contributed by atoms with Gasteiger partial charge in [0.25, 0.3) is 0 Å². The highest BCUT2D eigenvalue weighted by atomic mass is 32.2. The molecule has 3 rings (SSSR count). The summed E-state index contributed by atoms with van der Waals surface area (Å²) in [6, 6.07) is 11.4. The van der Waals surface area contributed by atoms with E-state index in [1.165, 1.54) is 0 Å². The number of aryl methyl sites for hydroxylation is 3. The summed E-state index contributed by atoms with van der Waals surface area (Å²) in [5.74, 6) is 0.718. The molecule has 0 saturated heterocycles. The van der Waals surface area contributed by atoms with Crippen LogP contribution in [0.25, 0.3) is 0 Å². The second-order valence-corrected chi connectivity index (χ2v) is 8.23. The average molecular weight is 345 g/mol. The third-order valence-electron chi connectivity index (χ3n) is 4.58. The van der Waals surface area contributed by atoms with Crippen molar-refractivity contribution in [3.8, 4) is 5.75 Å². The molecule has 1 aliphatic rings. The lowest BCUT2D eigenvalue weighted by molar-refractivity contribution is 0.401. The Labute approximate surface area is 143 Å². The number of benzene rings is 2. The molecule has 0 heterocycles. The Morgan fingerprint density at radius 2 is 1.62 bits per heavy atom. The van der Waals surface area contributed by atoms with Crippen molar-refractivity contribution in [1.82, 2.24) is 4.72 Å². The molecular weight excluding hydrogens is 322 g/mol. The standard InChI is InChI=1S/C19H23NO3S/c1-13-11-14(2)18(15(3)12-13)24(21,22)20-19(9-10-19)16-7-5-6-8-17(16)23-4/h5-8,11-12,20H,9-10H2,1-4H3. The highest BCUT2D eigenvalue weighted by Crippen LogP contribution is 2.49. The van der Waals surface area contributed by atoms with E-state index in [1.807, 2.05) is 57.2 Å². The molecule has 2 aromatic carbocycles. The highest BCUT2D eigenvalue weighted by molar-refractivity contribution is 7.89. The summed E-state index contributed by atoms with van der Waals surface area (Å²) in [4.78, 5) is 0.384. The maximum atomic E-state index is 13.1. The van der Waals surface area contributed by atoms with Gasteiger partial charge in [-0.15, -0.1) is 0 Å². The number of nitrogens with one attached hydrogen (secondary N) is 1. The van der Waals surface area contributed by atoms with Gasteiger partial charge in [0.2, 0.25) is 10.0 Å². The van der Waals surface area contributed by atoms with Gasteiger partial charge < -0.3 is 4.74 Å². The minimum Gasteiger partial charge on any atom is -0.496 e. The van der Waals surface area contributed by atoms with Crippen LogP contribution in [0, 0.1) is 20.8 Å². The van der Waals surface area contributed by atoms with E-state index >= 15 is 0 Å². The first-order valence-corrected chi connectivity index (χ1v) is 9.53. The Morgan fingerprint density at radius 3 is 2.17 bits per heavy atom.